The fraction of sp³-hybridized carbons (Fsp3) is 0.429. The van der Waals surface area contributed by atoms with E-state index in [1.807, 2.05) is 35.2 Å². The Morgan fingerprint density at radius 2 is 1.96 bits per heavy atom. The molecule has 1 atom stereocenters. The van der Waals surface area contributed by atoms with E-state index >= 15 is 0 Å². The largest absolute Gasteiger partial charge is 0.342 e. The van der Waals surface area contributed by atoms with Crippen LogP contribution in [-0.4, -0.2) is 51.2 Å². The summed E-state index contributed by atoms with van der Waals surface area (Å²) < 4.78 is 0. The number of rotatable bonds is 3. The molecule has 7 heteroatoms. The van der Waals surface area contributed by atoms with E-state index in [4.69, 9.17) is 0 Å². The molecule has 1 aromatic heterocycles. The minimum absolute atomic E-state index is 0.00664. The molecule has 1 saturated heterocycles. The van der Waals surface area contributed by atoms with Crippen molar-refractivity contribution in [3.8, 4) is 0 Å². The molecule has 146 valence electrons. The minimum atomic E-state index is -0.114. The predicted octanol–water partition coefficient (Wildman–Crippen LogP) is 1.23. The Kier molecular flexibility index (Phi) is 4.98. The topological polar surface area (TPSA) is 86.4 Å². The standard InChI is InChI=1S/C21H24N4O3/c1-14(26)24-10-8-17-18(13-24)22-20(23-21(17)28)16-7-9-25(12-16)19(27)11-15-5-3-2-4-6-15/h2-6,16H,7-13H2,1H3,(H,22,23,28)/t16-/m1/s1. The maximum atomic E-state index is 12.6. The van der Waals surface area contributed by atoms with Crippen molar-refractivity contribution >= 4 is 11.8 Å². The van der Waals surface area contributed by atoms with E-state index in [2.05, 4.69) is 9.97 Å². The molecule has 3 heterocycles. The van der Waals surface area contributed by atoms with Crippen LogP contribution in [0.1, 0.15) is 41.9 Å². The van der Waals surface area contributed by atoms with Crippen molar-refractivity contribution in [2.75, 3.05) is 19.6 Å². The third-order valence-electron chi connectivity index (χ3n) is 5.66. The second-order valence-electron chi connectivity index (χ2n) is 7.55. The molecule has 2 aliphatic heterocycles. The highest BCUT2D eigenvalue weighted by Crippen LogP contribution is 2.26. The Balaban J connectivity index is 1.48. The molecule has 2 aromatic rings. The van der Waals surface area contributed by atoms with Crippen LogP contribution in [-0.2, 0) is 29.0 Å². The molecule has 0 aliphatic carbocycles. The van der Waals surface area contributed by atoms with Crippen LogP contribution in [0.2, 0.25) is 0 Å². The quantitative estimate of drug-likeness (QED) is 0.868. The molecule has 0 unspecified atom stereocenters. The maximum absolute atomic E-state index is 12.6. The van der Waals surface area contributed by atoms with Crippen molar-refractivity contribution < 1.29 is 9.59 Å². The van der Waals surface area contributed by atoms with Gasteiger partial charge in [0.2, 0.25) is 11.8 Å². The number of H-pyrrole nitrogens is 1. The van der Waals surface area contributed by atoms with Crippen molar-refractivity contribution in [1.29, 1.82) is 0 Å². The van der Waals surface area contributed by atoms with Gasteiger partial charge in [-0.3, -0.25) is 14.4 Å². The van der Waals surface area contributed by atoms with Crippen LogP contribution in [0.4, 0.5) is 0 Å². The highest BCUT2D eigenvalue weighted by atomic mass is 16.2. The number of aromatic amines is 1. The lowest BCUT2D eigenvalue weighted by Crippen LogP contribution is -2.38. The van der Waals surface area contributed by atoms with E-state index < -0.39 is 0 Å². The summed E-state index contributed by atoms with van der Waals surface area (Å²) in [6.07, 6.45) is 1.69. The molecule has 1 N–H and O–H groups in total. The van der Waals surface area contributed by atoms with Crippen LogP contribution >= 0.6 is 0 Å². The molecule has 28 heavy (non-hydrogen) atoms. The second kappa shape index (κ2) is 7.58. The summed E-state index contributed by atoms with van der Waals surface area (Å²) in [6.45, 7) is 3.69. The Labute approximate surface area is 163 Å². The van der Waals surface area contributed by atoms with Gasteiger partial charge in [0.1, 0.15) is 5.82 Å². The van der Waals surface area contributed by atoms with Gasteiger partial charge in [0.25, 0.3) is 5.56 Å². The first-order valence-electron chi connectivity index (χ1n) is 9.70. The van der Waals surface area contributed by atoms with Gasteiger partial charge in [0.15, 0.2) is 0 Å². The van der Waals surface area contributed by atoms with Crippen molar-refractivity contribution in [3.63, 3.8) is 0 Å². The van der Waals surface area contributed by atoms with Gasteiger partial charge in [-0.15, -0.1) is 0 Å². The summed E-state index contributed by atoms with van der Waals surface area (Å²) in [6, 6.07) is 9.71. The third-order valence-corrected chi connectivity index (χ3v) is 5.66. The van der Waals surface area contributed by atoms with Gasteiger partial charge < -0.3 is 14.8 Å². The zero-order valence-electron chi connectivity index (χ0n) is 16.0. The molecule has 0 saturated carbocycles. The van der Waals surface area contributed by atoms with Crippen LogP contribution < -0.4 is 5.56 Å². The van der Waals surface area contributed by atoms with Crippen molar-refractivity contribution in [2.24, 2.45) is 0 Å². The number of hydrogen-bond donors (Lipinski definition) is 1. The van der Waals surface area contributed by atoms with E-state index in [0.29, 0.717) is 56.1 Å². The van der Waals surface area contributed by atoms with E-state index in [0.717, 1.165) is 12.0 Å². The Morgan fingerprint density at radius 1 is 1.18 bits per heavy atom. The average molecular weight is 380 g/mol. The molecule has 1 fully saturated rings. The van der Waals surface area contributed by atoms with Crippen LogP contribution in [0.25, 0.3) is 0 Å². The number of nitrogens with zero attached hydrogens (tertiary/aromatic N) is 3. The zero-order chi connectivity index (χ0) is 19.7. The number of likely N-dealkylation sites (tertiary alicyclic amines) is 1. The smallest absolute Gasteiger partial charge is 0.254 e. The van der Waals surface area contributed by atoms with E-state index in [-0.39, 0.29) is 23.3 Å². The summed E-state index contributed by atoms with van der Waals surface area (Å²) in [7, 11) is 0. The first-order valence-corrected chi connectivity index (χ1v) is 9.70. The highest BCUT2D eigenvalue weighted by Gasteiger charge is 2.30. The zero-order valence-corrected chi connectivity index (χ0v) is 16.0. The lowest BCUT2D eigenvalue weighted by atomic mass is 10.0. The molecule has 7 nitrogen and oxygen atoms in total. The number of amides is 2. The van der Waals surface area contributed by atoms with Gasteiger partial charge in [-0.25, -0.2) is 4.98 Å². The van der Waals surface area contributed by atoms with Crippen LogP contribution in [0, 0.1) is 0 Å². The third kappa shape index (κ3) is 3.69. The van der Waals surface area contributed by atoms with Crippen LogP contribution in [0.15, 0.2) is 35.1 Å². The predicted molar refractivity (Wildman–Crippen MR) is 104 cm³/mol. The lowest BCUT2D eigenvalue weighted by molar-refractivity contribution is -0.130. The van der Waals surface area contributed by atoms with Gasteiger partial charge in [0.05, 0.1) is 18.7 Å². The van der Waals surface area contributed by atoms with Gasteiger partial charge in [-0.1, -0.05) is 30.3 Å². The van der Waals surface area contributed by atoms with Crippen molar-refractivity contribution in [3.05, 3.63) is 63.3 Å². The monoisotopic (exact) mass is 380 g/mol. The van der Waals surface area contributed by atoms with E-state index in [9.17, 15) is 14.4 Å². The molecule has 2 amide bonds. The first kappa shape index (κ1) is 18.4. The number of aromatic nitrogens is 2. The molecule has 0 bridgehead atoms. The molecule has 4 rings (SSSR count). The number of fused-ring (bicyclic) bond motifs is 1. The Bertz CT molecular complexity index is 954. The molecule has 0 radical (unpaired) electrons. The van der Waals surface area contributed by atoms with Gasteiger partial charge in [0, 0.05) is 38.0 Å². The van der Waals surface area contributed by atoms with Crippen LogP contribution in [0.3, 0.4) is 0 Å². The molecular weight excluding hydrogens is 356 g/mol. The SMILES string of the molecule is CC(=O)N1CCc2c(nc([C@@H]3CCN(C(=O)Cc4ccccc4)C3)[nH]c2=O)C1. The van der Waals surface area contributed by atoms with Gasteiger partial charge in [-0.2, -0.15) is 0 Å². The molecular formula is C21H24N4O3. The van der Waals surface area contributed by atoms with Crippen LogP contribution in [0.5, 0.6) is 0 Å². The Morgan fingerprint density at radius 3 is 2.71 bits per heavy atom. The van der Waals surface area contributed by atoms with E-state index in [1.54, 1.807) is 4.90 Å². The fourth-order valence-corrected chi connectivity index (χ4v) is 4.01. The number of carbonyl (C=O) groups excluding carboxylic acids is 2. The van der Waals surface area contributed by atoms with E-state index in [1.165, 1.54) is 6.92 Å². The Hall–Kier alpha value is -2.96. The number of carbonyl (C=O) groups is 2. The van der Waals surface area contributed by atoms with Gasteiger partial charge in [-0.05, 0) is 18.4 Å². The highest BCUT2D eigenvalue weighted by molar-refractivity contribution is 5.79. The second-order valence-corrected chi connectivity index (χ2v) is 7.55. The maximum Gasteiger partial charge on any atom is 0.254 e. The minimum Gasteiger partial charge on any atom is -0.342 e. The fourth-order valence-electron chi connectivity index (χ4n) is 4.01. The number of nitrogens with one attached hydrogen (secondary N) is 1. The summed E-state index contributed by atoms with van der Waals surface area (Å²) in [5.74, 6) is 0.735. The molecule has 1 aromatic carbocycles. The average Bonchev–Trinajstić information content (AvgIpc) is 3.18. The summed E-state index contributed by atoms with van der Waals surface area (Å²) in [5, 5.41) is 0. The lowest BCUT2D eigenvalue weighted by Gasteiger charge is -2.27. The normalized spacial score (nSPS) is 18.8. The molecule has 0 spiro atoms. The summed E-state index contributed by atoms with van der Waals surface area (Å²) in [5.41, 5.74) is 2.25. The summed E-state index contributed by atoms with van der Waals surface area (Å²) >= 11 is 0. The first-order chi connectivity index (χ1) is 13.5. The number of benzene rings is 1. The molecule has 2 aliphatic rings. The van der Waals surface area contributed by atoms with Crippen molar-refractivity contribution in [2.45, 2.75) is 38.6 Å². The van der Waals surface area contributed by atoms with Crippen molar-refractivity contribution in [1.82, 2.24) is 19.8 Å². The summed E-state index contributed by atoms with van der Waals surface area (Å²) in [4.78, 5) is 47.9. The number of hydrogen-bond acceptors (Lipinski definition) is 4. The van der Waals surface area contributed by atoms with Gasteiger partial charge >= 0.3 is 0 Å².